The van der Waals surface area contributed by atoms with E-state index in [2.05, 4.69) is 5.32 Å². The second-order valence-electron chi connectivity index (χ2n) is 4.12. The van der Waals surface area contributed by atoms with Crippen LogP contribution in [0.25, 0.3) is 0 Å². The van der Waals surface area contributed by atoms with E-state index in [1.807, 2.05) is 0 Å². The predicted molar refractivity (Wildman–Crippen MR) is 46.6 cm³/mol. The van der Waals surface area contributed by atoms with Gasteiger partial charge in [0.15, 0.2) is 0 Å². The van der Waals surface area contributed by atoms with E-state index in [1.54, 1.807) is 0 Å². The number of carbonyl (C=O) groups is 2. The summed E-state index contributed by atoms with van der Waals surface area (Å²) in [7, 11) is 0. The number of nitrogens with two attached hydrogens (primary N) is 1. The maximum absolute atomic E-state index is 11.0. The fourth-order valence-electron chi connectivity index (χ4n) is 2.66. The molecule has 4 heteroatoms. The molecule has 4 nitrogen and oxygen atoms in total. The maximum Gasteiger partial charge on any atom is 0.309 e. The fourth-order valence-corrected chi connectivity index (χ4v) is 2.66. The molecule has 2 bridgehead atoms. The van der Waals surface area contributed by atoms with Gasteiger partial charge in [-0.25, -0.2) is 0 Å². The van der Waals surface area contributed by atoms with Crippen molar-refractivity contribution in [1.82, 2.24) is 5.32 Å². The lowest BCUT2D eigenvalue weighted by Crippen LogP contribution is -2.44. The van der Waals surface area contributed by atoms with Crippen molar-refractivity contribution in [2.45, 2.75) is 31.7 Å². The quantitative estimate of drug-likeness (QED) is 0.550. The summed E-state index contributed by atoms with van der Waals surface area (Å²) in [5.74, 6) is -0.142. The van der Waals surface area contributed by atoms with Gasteiger partial charge in [0.05, 0.1) is 0 Å². The molecular weight excluding hydrogens is 168 g/mol. The first-order valence-corrected chi connectivity index (χ1v) is 4.77. The van der Waals surface area contributed by atoms with Crippen LogP contribution < -0.4 is 11.1 Å². The van der Waals surface area contributed by atoms with Crippen LogP contribution in [0.1, 0.15) is 25.7 Å². The molecule has 2 fully saturated rings. The summed E-state index contributed by atoms with van der Waals surface area (Å²) in [6.45, 7) is 0. The number of hydrogen-bond acceptors (Lipinski definition) is 2. The van der Waals surface area contributed by atoms with Gasteiger partial charge in [-0.15, -0.1) is 0 Å². The third kappa shape index (κ3) is 1.53. The molecule has 0 spiro atoms. The molecular formula is C9H14N2O2. The zero-order valence-electron chi connectivity index (χ0n) is 7.45. The van der Waals surface area contributed by atoms with Crippen LogP contribution in [0.3, 0.4) is 0 Å². The molecule has 0 heterocycles. The second-order valence-corrected chi connectivity index (χ2v) is 4.12. The number of primary amides is 1. The summed E-state index contributed by atoms with van der Waals surface area (Å²) in [6, 6.07) is 0.207. The summed E-state index contributed by atoms with van der Waals surface area (Å²) in [5.41, 5.74) is 4.86. The Morgan fingerprint density at radius 3 is 2.46 bits per heavy atom. The average molecular weight is 182 g/mol. The van der Waals surface area contributed by atoms with Crippen molar-refractivity contribution in [3.63, 3.8) is 0 Å². The minimum atomic E-state index is -0.872. The highest BCUT2D eigenvalue weighted by Crippen LogP contribution is 2.44. The number of amides is 2. The first-order valence-electron chi connectivity index (χ1n) is 4.77. The molecule has 2 rings (SSSR count). The lowest BCUT2D eigenvalue weighted by Gasteiger charge is -2.21. The van der Waals surface area contributed by atoms with Crippen LogP contribution >= 0.6 is 0 Å². The van der Waals surface area contributed by atoms with Crippen LogP contribution in [0.2, 0.25) is 0 Å². The minimum absolute atomic E-state index is 0.207. The molecule has 13 heavy (non-hydrogen) atoms. The molecule has 0 aromatic rings. The number of carbonyl (C=O) groups excluding carboxylic acids is 2. The van der Waals surface area contributed by atoms with Gasteiger partial charge in [0.1, 0.15) is 0 Å². The summed E-state index contributed by atoms with van der Waals surface area (Å²) < 4.78 is 0. The van der Waals surface area contributed by atoms with Crippen LogP contribution in [-0.2, 0) is 9.59 Å². The number of rotatable bonds is 1. The van der Waals surface area contributed by atoms with Gasteiger partial charge in [-0.05, 0) is 31.1 Å². The lowest BCUT2D eigenvalue weighted by molar-refractivity contribution is -0.137. The van der Waals surface area contributed by atoms with Crippen LogP contribution in [0.4, 0.5) is 0 Å². The van der Waals surface area contributed by atoms with Crippen molar-refractivity contribution in [3.05, 3.63) is 0 Å². The summed E-state index contributed by atoms with van der Waals surface area (Å²) in [6.07, 6.45) is 4.72. The Balaban J connectivity index is 1.90. The summed E-state index contributed by atoms with van der Waals surface area (Å²) in [5, 5.41) is 2.70. The zero-order valence-corrected chi connectivity index (χ0v) is 7.45. The van der Waals surface area contributed by atoms with E-state index in [0.29, 0.717) is 5.92 Å². The van der Waals surface area contributed by atoms with Gasteiger partial charge in [-0.3, -0.25) is 9.59 Å². The predicted octanol–water partition coefficient (Wildman–Crippen LogP) is -0.224. The molecule has 3 atom stereocenters. The highest BCUT2D eigenvalue weighted by molar-refractivity contribution is 6.34. The molecule has 0 aromatic heterocycles. The molecule has 3 unspecified atom stereocenters. The monoisotopic (exact) mass is 182 g/mol. The molecule has 0 aromatic carbocycles. The second kappa shape index (κ2) is 3.01. The van der Waals surface area contributed by atoms with E-state index in [1.165, 1.54) is 19.3 Å². The molecule has 72 valence electrons. The van der Waals surface area contributed by atoms with Crippen molar-refractivity contribution in [1.29, 1.82) is 0 Å². The van der Waals surface area contributed by atoms with Gasteiger partial charge < -0.3 is 11.1 Å². The SMILES string of the molecule is NC(=O)C(=O)NC1CC2CCC1C2. The Bertz CT molecular complexity index is 252. The van der Waals surface area contributed by atoms with Gasteiger partial charge in [-0.1, -0.05) is 6.42 Å². The number of fused-ring (bicyclic) bond motifs is 2. The minimum Gasteiger partial charge on any atom is -0.361 e. The number of nitrogens with one attached hydrogen (secondary N) is 1. The maximum atomic E-state index is 11.0. The Morgan fingerprint density at radius 1 is 1.23 bits per heavy atom. The standard InChI is InChI=1S/C9H14N2O2/c10-8(12)9(13)11-7-4-5-1-2-6(7)3-5/h5-7H,1-4H2,(H2,10,12)(H,11,13). The van der Waals surface area contributed by atoms with E-state index >= 15 is 0 Å². The Kier molecular flexibility index (Phi) is 1.98. The fraction of sp³-hybridized carbons (Fsp3) is 0.778. The van der Waals surface area contributed by atoms with E-state index in [4.69, 9.17) is 5.73 Å². The van der Waals surface area contributed by atoms with Crippen LogP contribution in [0.15, 0.2) is 0 Å². The number of hydrogen-bond donors (Lipinski definition) is 2. The van der Waals surface area contributed by atoms with Crippen molar-refractivity contribution in [2.75, 3.05) is 0 Å². The van der Waals surface area contributed by atoms with Crippen molar-refractivity contribution < 1.29 is 9.59 Å². The van der Waals surface area contributed by atoms with E-state index in [0.717, 1.165) is 12.3 Å². The zero-order chi connectivity index (χ0) is 9.42. The molecule has 2 saturated carbocycles. The average Bonchev–Trinajstić information content (AvgIpc) is 2.64. The normalized spacial score (nSPS) is 36.2. The van der Waals surface area contributed by atoms with Crippen LogP contribution in [0.5, 0.6) is 0 Å². The van der Waals surface area contributed by atoms with E-state index in [9.17, 15) is 9.59 Å². The Labute approximate surface area is 76.9 Å². The summed E-state index contributed by atoms with van der Waals surface area (Å²) >= 11 is 0. The highest BCUT2D eigenvalue weighted by atomic mass is 16.2. The van der Waals surface area contributed by atoms with Crippen molar-refractivity contribution in [2.24, 2.45) is 17.6 Å². The van der Waals surface area contributed by atoms with Gasteiger partial charge >= 0.3 is 11.8 Å². The van der Waals surface area contributed by atoms with Crippen LogP contribution in [-0.4, -0.2) is 17.9 Å². The lowest BCUT2D eigenvalue weighted by atomic mass is 9.95. The first kappa shape index (κ1) is 8.53. The van der Waals surface area contributed by atoms with Gasteiger partial charge in [-0.2, -0.15) is 0 Å². The molecule has 0 aliphatic heterocycles. The molecule has 2 amide bonds. The van der Waals surface area contributed by atoms with E-state index < -0.39 is 11.8 Å². The molecule has 2 aliphatic rings. The molecule has 0 radical (unpaired) electrons. The third-order valence-electron chi connectivity index (χ3n) is 3.28. The van der Waals surface area contributed by atoms with Gasteiger partial charge in [0.2, 0.25) is 0 Å². The van der Waals surface area contributed by atoms with Gasteiger partial charge in [0, 0.05) is 6.04 Å². The van der Waals surface area contributed by atoms with Crippen molar-refractivity contribution in [3.8, 4) is 0 Å². The largest absolute Gasteiger partial charge is 0.361 e. The van der Waals surface area contributed by atoms with Crippen molar-refractivity contribution >= 4 is 11.8 Å². The Morgan fingerprint density at radius 2 is 2.00 bits per heavy atom. The first-order chi connectivity index (χ1) is 6.16. The summed E-state index contributed by atoms with van der Waals surface area (Å²) in [4.78, 5) is 21.5. The molecule has 0 saturated heterocycles. The highest BCUT2D eigenvalue weighted by Gasteiger charge is 2.40. The molecule has 2 aliphatic carbocycles. The topological polar surface area (TPSA) is 72.2 Å². The smallest absolute Gasteiger partial charge is 0.309 e. The molecule has 3 N–H and O–H groups in total. The third-order valence-corrected chi connectivity index (χ3v) is 3.28. The van der Waals surface area contributed by atoms with Gasteiger partial charge in [0.25, 0.3) is 0 Å². The van der Waals surface area contributed by atoms with E-state index in [-0.39, 0.29) is 6.04 Å². The van der Waals surface area contributed by atoms with Crippen LogP contribution in [0, 0.1) is 11.8 Å². The Hall–Kier alpha value is -1.06.